The number of nitrogens with two attached hydrogens (primary N) is 1. The van der Waals surface area contributed by atoms with Crippen molar-refractivity contribution < 1.29 is 4.74 Å². The summed E-state index contributed by atoms with van der Waals surface area (Å²) in [6.07, 6.45) is 1.94. The second kappa shape index (κ2) is 5.42. The van der Waals surface area contributed by atoms with Crippen LogP contribution >= 0.6 is 23.1 Å². The molecular weight excluding hydrogens is 252 g/mol. The quantitative estimate of drug-likeness (QED) is 0.858. The van der Waals surface area contributed by atoms with E-state index in [-0.39, 0.29) is 6.10 Å². The molecule has 0 radical (unpaired) electrons. The average Bonchev–Trinajstić information content (AvgIpc) is 2.67. The predicted octanol–water partition coefficient (Wildman–Crippen LogP) is 3.66. The number of ether oxygens (including phenoxy) is 1. The van der Waals surface area contributed by atoms with Crippen LogP contribution in [0.1, 0.15) is 13.8 Å². The fraction of sp³-hybridized carbons (Fsp3) is 0.250. The molecule has 90 valence electrons. The van der Waals surface area contributed by atoms with Gasteiger partial charge in [0.2, 0.25) is 0 Å². The SMILES string of the molecule is CC(C)Oc1cc(N)cc(Sc2nccs2)c1. The minimum Gasteiger partial charge on any atom is -0.491 e. The second-order valence-electron chi connectivity index (χ2n) is 3.80. The maximum absolute atomic E-state index is 5.85. The maximum atomic E-state index is 5.85. The van der Waals surface area contributed by atoms with E-state index in [2.05, 4.69) is 4.98 Å². The Hall–Kier alpha value is -1.20. The summed E-state index contributed by atoms with van der Waals surface area (Å²) in [7, 11) is 0. The molecule has 3 nitrogen and oxygen atoms in total. The monoisotopic (exact) mass is 266 g/mol. The number of anilines is 1. The molecule has 0 unspecified atom stereocenters. The standard InChI is InChI=1S/C12H14N2OS2/c1-8(2)15-10-5-9(13)6-11(7-10)17-12-14-3-4-16-12/h3-8H,13H2,1-2H3. The van der Waals surface area contributed by atoms with Gasteiger partial charge in [-0.15, -0.1) is 11.3 Å². The highest BCUT2D eigenvalue weighted by molar-refractivity contribution is 8.01. The van der Waals surface area contributed by atoms with Crippen molar-refractivity contribution in [2.45, 2.75) is 29.2 Å². The number of hydrogen-bond acceptors (Lipinski definition) is 5. The first kappa shape index (κ1) is 12.3. The van der Waals surface area contributed by atoms with Crippen LogP contribution in [0.5, 0.6) is 5.75 Å². The van der Waals surface area contributed by atoms with Gasteiger partial charge in [0.05, 0.1) is 6.10 Å². The van der Waals surface area contributed by atoms with Gasteiger partial charge in [-0.1, -0.05) is 11.8 Å². The Morgan fingerprint density at radius 3 is 2.82 bits per heavy atom. The summed E-state index contributed by atoms with van der Waals surface area (Å²) in [4.78, 5) is 5.28. The fourth-order valence-corrected chi connectivity index (χ4v) is 3.05. The summed E-state index contributed by atoms with van der Waals surface area (Å²) in [5.41, 5.74) is 6.56. The molecule has 0 atom stereocenters. The second-order valence-corrected chi connectivity index (χ2v) is 6.02. The highest BCUT2D eigenvalue weighted by atomic mass is 32.2. The van der Waals surface area contributed by atoms with Gasteiger partial charge in [-0.25, -0.2) is 4.98 Å². The van der Waals surface area contributed by atoms with E-state index in [1.807, 2.05) is 37.4 Å². The van der Waals surface area contributed by atoms with Crippen molar-refractivity contribution in [3.05, 3.63) is 29.8 Å². The average molecular weight is 266 g/mol. The van der Waals surface area contributed by atoms with Crippen LogP contribution in [0.25, 0.3) is 0 Å². The van der Waals surface area contributed by atoms with Crippen LogP contribution in [0.3, 0.4) is 0 Å². The van der Waals surface area contributed by atoms with Gasteiger partial charge < -0.3 is 10.5 Å². The van der Waals surface area contributed by atoms with E-state index in [1.54, 1.807) is 29.3 Å². The molecule has 0 aliphatic rings. The van der Waals surface area contributed by atoms with E-state index in [0.717, 1.165) is 15.0 Å². The topological polar surface area (TPSA) is 48.1 Å². The van der Waals surface area contributed by atoms with Crippen molar-refractivity contribution >= 4 is 28.8 Å². The summed E-state index contributed by atoms with van der Waals surface area (Å²) < 4.78 is 6.65. The van der Waals surface area contributed by atoms with Crippen LogP contribution in [0.15, 0.2) is 39.0 Å². The molecule has 1 aromatic carbocycles. The van der Waals surface area contributed by atoms with Crippen molar-refractivity contribution in [1.29, 1.82) is 0 Å². The number of hydrogen-bond donors (Lipinski definition) is 1. The zero-order chi connectivity index (χ0) is 12.3. The molecule has 5 heteroatoms. The van der Waals surface area contributed by atoms with Crippen molar-refractivity contribution in [2.75, 3.05) is 5.73 Å². The third kappa shape index (κ3) is 3.64. The molecule has 1 heterocycles. The van der Waals surface area contributed by atoms with Gasteiger partial charge in [-0.2, -0.15) is 0 Å². The van der Waals surface area contributed by atoms with E-state index >= 15 is 0 Å². The number of thiazole rings is 1. The molecule has 2 N–H and O–H groups in total. The minimum atomic E-state index is 0.148. The number of nitrogen functional groups attached to an aromatic ring is 1. The fourth-order valence-electron chi connectivity index (χ4n) is 1.35. The molecule has 0 amide bonds. The molecule has 0 fully saturated rings. The summed E-state index contributed by atoms with van der Waals surface area (Å²) in [5, 5.41) is 1.96. The molecule has 0 spiro atoms. The molecule has 1 aromatic heterocycles. The Morgan fingerprint density at radius 1 is 1.35 bits per heavy atom. The van der Waals surface area contributed by atoms with Gasteiger partial charge in [0.1, 0.15) is 5.75 Å². The van der Waals surface area contributed by atoms with Gasteiger partial charge in [0.25, 0.3) is 0 Å². The van der Waals surface area contributed by atoms with Crippen molar-refractivity contribution in [3.8, 4) is 5.75 Å². The van der Waals surface area contributed by atoms with E-state index in [9.17, 15) is 0 Å². The lowest BCUT2D eigenvalue weighted by molar-refractivity contribution is 0.242. The minimum absolute atomic E-state index is 0.148. The number of aromatic nitrogens is 1. The first-order chi connectivity index (χ1) is 8.13. The smallest absolute Gasteiger partial charge is 0.154 e. The molecule has 0 bridgehead atoms. The van der Waals surface area contributed by atoms with Crippen molar-refractivity contribution in [2.24, 2.45) is 0 Å². The first-order valence-corrected chi connectivity index (χ1v) is 6.97. The van der Waals surface area contributed by atoms with Gasteiger partial charge in [-0.05, 0) is 26.0 Å². The van der Waals surface area contributed by atoms with Crippen LogP contribution in [0, 0.1) is 0 Å². The molecule has 0 aliphatic carbocycles. The van der Waals surface area contributed by atoms with E-state index in [4.69, 9.17) is 10.5 Å². The Balaban J connectivity index is 2.19. The zero-order valence-corrected chi connectivity index (χ0v) is 11.3. The highest BCUT2D eigenvalue weighted by Gasteiger charge is 2.05. The number of benzene rings is 1. The van der Waals surface area contributed by atoms with E-state index in [0.29, 0.717) is 5.69 Å². The van der Waals surface area contributed by atoms with Crippen molar-refractivity contribution in [3.63, 3.8) is 0 Å². The lowest BCUT2D eigenvalue weighted by Crippen LogP contribution is -2.05. The molecule has 0 saturated carbocycles. The Labute approximate surface area is 109 Å². The lowest BCUT2D eigenvalue weighted by Gasteiger charge is -2.11. The normalized spacial score (nSPS) is 10.8. The third-order valence-electron chi connectivity index (χ3n) is 1.89. The summed E-state index contributed by atoms with van der Waals surface area (Å²) in [5.74, 6) is 0.805. The largest absolute Gasteiger partial charge is 0.491 e. The lowest BCUT2D eigenvalue weighted by atomic mass is 10.3. The Kier molecular flexibility index (Phi) is 3.91. The number of rotatable bonds is 4. The Morgan fingerprint density at radius 2 is 2.18 bits per heavy atom. The van der Waals surface area contributed by atoms with Crippen LogP contribution in [0.2, 0.25) is 0 Å². The van der Waals surface area contributed by atoms with Gasteiger partial charge in [-0.3, -0.25) is 0 Å². The molecule has 2 aromatic rings. The molecular formula is C12H14N2OS2. The third-order valence-corrected chi connectivity index (χ3v) is 3.74. The summed E-state index contributed by atoms with van der Waals surface area (Å²) in [6, 6.07) is 5.76. The molecule has 2 rings (SSSR count). The summed E-state index contributed by atoms with van der Waals surface area (Å²) in [6.45, 7) is 3.99. The van der Waals surface area contributed by atoms with Crippen LogP contribution < -0.4 is 10.5 Å². The van der Waals surface area contributed by atoms with Crippen LogP contribution in [-0.2, 0) is 0 Å². The van der Waals surface area contributed by atoms with Crippen LogP contribution in [0.4, 0.5) is 5.69 Å². The molecule has 0 saturated heterocycles. The first-order valence-electron chi connectivity index (χ1n) is 5.28. The predicted molar refractivity (Wildman–Crippen MR) is 72.9 cm³/mol. The number of nitrogens with zero attached hydrogens (tertiary/aromatic N) is 1. The highest BCUT2D eigenvalue weighted by Crippen LogP contribution is 2.33. The van der Waals surface area contributed by atoms with Crippen LogP contribution in [-0.4, -0.2) is 11.1 Å². The zero-order valence-electron chi connectivity index (χ0n) is 9.71. The molecule has 0 aliphatic heterocycles. The van der Waals surface area contributed by atoms with E-state index in [1.165, 1.54) is 0 Å². The molecule has 17 heavy (non-hydrogen) atoms. The van der Waals surface area contributed by atoms with Crippen molar-refractivity contribution in [1.82, 2.24) is 4.98 Å². The maximum Gasteiger partial charge on any atom is 0.154 e. The Bertz CT molecular complexity index is 483. The summed E-state index contributed by atoms with van der Waals surface area (Å²) >= 11 is 3.21. The van der Waals surface area contributed by atoms with Gasteiger partial charge in [0, 0.05) is 28.2 Å². The van der Waals surface area contributed by atoms with Gasteiger partial charge in [0.15, 0.2) is 4.34 Å². The van der Waals surface area contributed by atoms with E-state index < -0.39 is 0 Å². The van der Waals surface area contributed by atoms with Gasteiger partial charge >= 0.3 is 0 Å².